The van der Waals surface area contributed by atoms with Gasteiger partial charge in [0, 0.05) is 18.1 Å². The van der Waals surface area contributed by atoms with Crippen molar-refractivity contribution in [3.05, 3.63) is 42.1 Å². The summed E-state index contributed by atoms with van der Waals surface area (Å²) in [5.41, 5.74) is 0.914. The molecule has 0 radical (unpaired) electrons. The van der Waals surface area contributed by atoms with Gasteiger partial charge in [-0.25, -0.2) is 0 Å². The third-order valence-electron chi connectivity index (χ3n) is 4.33. The van der Waals surface area contributed by atoms with E-state index in [9.17, 15) is 9.90 Å². The second-order valence-electron chi connectivity index (χ2n) is 6.16. The second kappa shape index (κ2) is 6.88. The highest BCUT2D eigenvalue weighted by molar-refractivity contribution is 5.82. The second-order valence-corrected chi connectivity index (χ2v) is 6.16. The molecule has 4 nitrogen and oxygen atoms in total. The summed E-state index contributed by atoms with van der Waals surface area (Å²) < 4.78 is 0. The zero-order valence-electron chi connectivity index (χ0n) is 13.5. The Morgan fingerprint density at radius 3 is 2.86 bits per heavy atom. The highest BCUT2D eigenvalue weighted by Gasteiger charge is 2.27. The Hall–Kier alpha value is -1.94. The van der Waals surface area contributed by atoms with Crippen LogP contribution in [0.5, 0.6) is 0 Å². The van der Waals surface area contributed by atoms with Crippen molar-refractivity contribution in [2.45, 2.75) is 39.2 Å². The molecule has 0 aliphatic carbocycles. The maximum absolute atomic E-state index is 12.1. The summed E-state index contributed by atoms with van der Waals surface area (Å²) in [4.78, 5) is 16.4. The number of nitrogens with one attached hydrogen (secondary N) is 1. The van der Waals surface area contributed by atoms with Crippen LogP contribution in [0.25, 0.3) is 10.9 Å². The van der Waals surface area contributed by atoms with Gasteiger partial charge in [0.1, 0.15) is 0 Å². The number of carbonyl (C=O) groups is 1. The fourth-order valence-corrected chi connectivity index (χ4v) is 2.35. The molecule has 1 amide bonds. The minimum Gasteiger partial charge on any atom is -0.388 e. The van der Waals surface area contributed by atoms with E-state index in [2.05, 4.69) is 10.3 Å². The standard InChI is InChI=1S/C18H24N2O2/c1-4-13(2)18(3,22)12-20-17(21)10-14-9-15-7-5-6-8-16(15)19-11-14/h5-9,11,13,22H,4,10,12H2,1-3H3,(H,20,21). The lowest BCUT2D eigenvalue weighted by Crippen LogP contribution is -2.45. The van der Waals surface area contributed by atoms with Crippen LogP contribution in [-0.2, 0) is 11.2 Å². The van der Waals surface area contributed by atoms with E-state index < -0.39 is 5.60 Å². The molecular weight excluding hydrogens is 276 g/mol. The number of fused-ring (bicyclic) bond motifs is 1. The van der Waals surface area contributed by atoms with Gasteiger partial charge < -0.3 is 10.4 Å². The Bertz CT molecular complexity index is 652. The van der Waals surface area contributed by atoms with E-state index in [0.29, 0.717) is 0 Å². The number of rotatable bonds is 6. The highest BCUT2D eigenvalue weighted by atomic mass is 16.3. The normalized spacial score (nSPS) is 15.3. The molecule has 0 bridgehead atoms. The SMILES string of the molecule is CCC(C)C(C)(O)CNC(=O)Cc1cnc2ccccc2c1. The summed E-state index contributed by atoms with van der Waals surface area (Å²) in [5.74, 6) is 0.0378. The first-order chi connectivity index (χ1) is 10.4. The number of pyridine rings is 1. The van der Waals surface area contributed by atoms with Gasteiger partial charge >= 0.3 is 0 Å². The van der Waals surface area contributed by atoms with E-state index in [0.717, 1.165) is 22.9 Å². The van der Waals surface area contributed by atoms with E-state index in [-0.39, 0.29) is 24.8 Å². The number of carbonyl (C=O) groups excluding carboxylic acids is 1. The number of benzene rings is 1. The van der Waals surface area contributed by atoms with Crippen molar-refractivity contribution in [1.82, 2.24) is 10.3 Å². The Morgan fingerprint density at radius 2 is 2.14 bits per heavy atom. The lowest BCUT2D eigenvalue weighted by molar-refractivity contribution is -0.122. The lowest BCUT2D eigenvalue weighted by atomic mass is 9.88. The van der Waals surface area contributed by atoms with Gasteiger partial charge in [-0.15, -0.1) is 0 Å². The first kappa shape index (κ1) is 16.4. The molecule has 1 aromatic carbocycles. The number of para-hydroxylation sites is 1. The number of hydrogen-bond acceptors (Lipinski definition) is 3. The predicted molar refractivity (Wildman–Crippen MR) is 88.5 cm³/mol. The minimum absolute atomic E-state index is 0.0966. The van der Waals surface area contributed by atoms with E-state index in [1.54, 1.807) is 13.1 Å². The largest absolute Gasteiger partial charge is 0.388 e. The highest BCUT2D eigenvalue weighted by Crippen LogP contribution is 2.19. The molecule has 2 aromatic rings. The average Bonchev–Trinajstić information content (AvgIpc) is 2.52. The first-order valence-electron chi connectivity index (χ1n) is 7.75. The van der Waals surface area contributed by atoms with Crippen LogP contribution in [0.3, 0.4) is 0 Å². The maximum Gasteiger partial charge on any atom is 0.224 e. The number of aliphatic hydroxyl groups is 1. The van der Waals surface area contributed by atoms with Gasteiger partial charge in [-0.2, -0.15) is 0 Å². The summed E-state index contributed by atoms with van der Waals surface area (Å²) in [6, 6.07) is 9.81. The predicted octanol–water partition coefficient (Wildman–Crippen LogP) is 2.69. The monoisotopic (exact) mass is 300 g/mol. The Morgan fingerprint density at radius 1 is 1.41 bits per heavy atom. The molecular formula is C18H24N2O2. The lowest BCUT2D eigenvalue weighted by Gasteiger charge is -2.29. The molecule has 22 heavy (non-hydrogen) atoms. The van der Waals surface area contributed by atoms with Crippen molar-refractivity contribution in [2.24, 2.45) is 5.92 Å². The fraction of sp³-hybridized carbons (Fsp3) is 0.444. The molecule has 118 valence electrons. The van der Waals surface area contributed by atoms with Crippen LogP contribution in [0.1, 0.15) is 32.8 Å². The minimum atomic E-state index is -0.883. The summed E-state index contributed by atoms with van der Waals surface area (Å²) in [6.45, 7) is 6.04. The molecule has 0 saturated heterocycles. The van der Waals surface area contributed by atoms with E-state index in [1.807, 2.05) is 44.2 Å². The van der Waals surface area contributed by atoms with Gasteiger partial charge in [0.2, 0.25) is 5.91 Å². The van der Waals surface area contributed by atoms with E-state index in [1.165, 1.54) is 0 Å². The van der Waals surface area contributed by atoms with Gasteiger partial charge in [0.25, 0.3) is 0 Å². The third-order valence-corrected chi connectivity index (χ3v) is 4.33. The van der Waals surface area contributed by atoms with E-state index in [4.69, 9.17) is 0 Å². The average molecular weight is 300 g/mol. The van der Waals surface area contributed by atoms with Gasteiger partial charge in [0.15, 0.2) is 0 Å². The molecule has 0 fully saturated rings. The van der Waals surface area contributed by atoms with Crippen LogP contribution in [0.4, 0.5) is 0 Å². The molecule has 2 rings (SSSR count). The summed E-state index contributed by atoms with van der Waals surface area (Å²) in [7, 11) is 0. The Balaban J connectivity index is 1.96. The van der Waals surface area contributed by atoms with Crippen molar-refractivity contribution in [3.63, 3.8) is 0 Å². The fourth-order valence-electron chi connectivity index (χ4n) is 2.35. The van der Waals surface area contributed by atoms with Crippen LogP contribution in [0, 0.1) is 5.92 Å². The number of amides is 1. The van der Waals surface area contributed by atoms with Crippen LogP contribution in [0.15, 0.2) is 36.5 Å². The quantitative estimate of drug-likeness (QED) is 0.862. The van der Waals surface area contributed by atoms with Crippen LogP contribution in [-0.4, -0.2) is 28.1 Å². The molecule has 2 atom stereocenters. The molecule has 0 spiro atoms. The molecule has 1 heterocycles. The van der Waals surface area contributed by atoms with Gasteiger partial charge in [0.05, 0.1) is 17.5 Å². The van der Waals surface area contributed by atoms with Crippen LogP contribution >= 0.6 is 0 Å². The molecule has 0 aliphatic heterocycles. The Labute approximate surface area is 131 Å². The molecule has 4 heteroatoms. The topological polar surface area (TPSA) is 62.2 Å². The van der Waals surface area contributed by atoms with Crippen molar-refractivity contribution in [1.29, 1.82) is 0 Å². The summed E-state index contributed by atoms with van der Waals surface area (Å²) in [6.07, 6.45) is 2.88. The van der Waals surface area contributed by atoms with Crippen molar-refractivity contribution in [2.75, 3.05) is 6.54 Å². The van der Waals surface area contributed by atoms with E-state index >= 15 is 0 Å². The Kier molecular flexibility index (Phi) is 5.14. The van der Waals surface area contributed by atoms with Crippen LogP contribution in [0.2, 0.25) is 0 Å². The number of aromatic nitrogens is 1. The van der Waals surface area contributed by atoms with Gasteiger partial charge in [-0.1, -0.05) is 38.5 Å². The van der Waals surface area contributed by atoms with Gasteiger partial charge in [-0.05, 0) is 30.5 Å². The van der Waals surface area contributed by atoms with Crippen molar-refractivity contribution < 1.29 is 9.90 Å². The molecule has 1 aromatic heterocycles. The number of hydrogen-bond donors (Lipinski definition) is 2. The number of nitrogens with zero attached hydrogens (tertiary/aromatic N) is 1. The zero-order valence-corrected chi connectivity index (χ0v) is 13.5. The maximum atomic E-state index is 12.1. The van der Waals surface area contributed by atoms with Crippen LogP contribution < -0.4 is 5.32 Å². The van der Waals surface area contributed by atoms with Crippen molar-refractivity contribution >= 4 is 16.8 Å². The molecule has 0 saturated carbocycles. The third kappa shape index (κ3) is 4.04. The first-order valence-corrected chi connectivity index (χ1v) is 7.75. The molecule has 2 N–H and O–H groups in total. The summed E-state index contributed by atoms with van der Waals surface area (Å²) >= 11 is 0. The zero-order chi connectivity index (χ0) is 16.2. The summed E-state index contributed by atoms with van der Waals surface area (Å²) in [5, 5.41) is 14.2. The molecule has 2 unspecified atom stereocenters. The smallest absolute Gasteiger partial charge is 0.224 e. The molecule has 0 aliphatic rings. The van der Waals surface area contributed by atoms with Crippen molar-refractivity contribution in [3.8, 4) is 0 Å². The van der Waals surface area contributed by atoms with Gasteiger partial charge in [-0.3, -0.25) is 9.78 Å².